The maximum atomic E-state index is 13.6. The number of ketones is 1. The number of sulfonamides is 1. The van der Waals surface area contributed by atoms with E-state index < -0.39 is 69.9 Å². The van der Waals surface area contributed by atoms with Gasteiger partial charge in [0, 0.05) is 36.2 Å². The zero-order chi connectivity index (χ0) is 38.3. The van der Waals surface area contributed by atoms with Crippen LogP contribution in [0.25, 0.3) is 28.1 Å². The van der Waals surface area contributed by atoms with Gasteiger partial charge in [-0.15, -0.1) is 0 Å². The van der Waals surface area contributed by atoms with Gasteiger partial charge in [0.05, 0.1) is 31.0 Å². The Bertz CT molecular complexity index is 2210. The molecule has 14 nitrogen and oxygen atoms in total. The maximum Gasteiger partial charge on any atom is 0.379 e. The van der Waals surface area contributed by atoms with E-state index in [0.29, 0.717) is 22.1 Å². The van der Waals surface area contributed by atoms with Crippen LogP contribution >= 0.6 is 0 Å². The molecule has 0 saturated heterocycles. The Morgan fingerprint density at radius 2 is 1.70 bits per heavy atom. The summed E-state index contributed by atoms with van der Waals surface area (Å²) in [7, 11) is -2.59. The summed E-state index contributed by atoms with van der Waals surface area (Å²) in [4.78, 5) is 61.2. The number of nitrogens with one attached hydrogen (secondary N) is 4. The number of furan rings is 1. The fourth-order valence-electron chi connectivity index (χ4n) is 5.50. The van der Waals surface area contributed by atoms with E-state index in [-0.39, 0.29) is 41.5 Å². The lowest BCUT2D eigenvalue weighted by Gasteiger charge is -2.12. The standard InChI is InChI=1S/C37H37FN4O10S/c1-3-51-37(48)30(44)16-29(43)24-6-4-5-21(13-24)17-40-32(45)18-41-33(46)19-42-53(49,50)20-25-14-31-28(15-27(25)22-7-8-22)34(36(47)39-2)35(52-31)23-9-11-26(38)12-10-23/h4-6,9-16,22,42-43H,3,7-8,17-20H2,1-2H3,(H,39,47)(H,40,45)(H,41,46)/b29-16-. The molecule has 3 amide bonds. The van der Waals surface area contributed by atoms with Gasteiger partial charge in [-0.25, -0.2) is 22.3 Å². The highest BCUT2D eigenvalue weighted by Crippen LogP contribution is 2.45. The lowest BCUT2D eigenvalue weighted by Crippen LogP contribution is -2.42. The number of carbonyl (C=O) groups is 5. The largest absolute Gasteiger partial charge is 0.507 e. The van der Waals surface area contributed by atoms with Crippen molar-refractivity contribution in [3.05, 3.63) is 100 Å². The SMILES string of the molecule is CCOC(=O)C(=O)/C=C(\O)c1cccc(CNC(=O)CNC(=O)CNS(=O)(=O)Cc2cc3oc(-c4ccc(F)cc4)c(C(=O)NC)c3cc2C2CC2)c1. The van der Waals surface area contributed by atoms with Gasteiger partial charge in [0.25, 0.3) is 11.7 Å². The molecule has 1 aromatic heterocycles. The van der Waals surface area contributed by atoms with Crippen LogP contribution in [0, 0.1) is 5.82 Å². The number of hydrogen-bond acceptors (Lipinski definition) is 10. The van der Waals surface area contributed by atoms with E-state index in [9.17, 15) is 41.9 Å². The average Bonchev–Trinajstić information content (AvgIpc) is 3.92. The van der Waals surface area contributed by atoms with E-state index in [2.05, 4.69) is 25.4 Å². The smallest absolute Gasteiger partial charge is 0.379 e. The van der Waals surface area contributed by atoms with E-state index >= 15 is 0 Å². The average molecular weight is 749 g/mol. The zero-order valence-corrected chi connectivity index (χ0v) is 29.6. The number of aliphatic hydroxyl groups excluding tert-OH is 1. The summed E-state index contributed by atoms with van der Waals surface area (Å²) >= 11 is 0. The number of fused-ring (bicyclic) bond motifs is 1. The number of aliphatic hydroxyl groups is 1. The number of carbonyl (C=O) groups excluding carboxylic acids is 5. The number of rotatable bonds is 16. The molecule has 0 aliphatic heterocycles. The van der Waals surface area contributed by atoms with Gasteiger partial charge in [0.1, 0.15) is 22.9 Å². The number of benzene rings is 3. The van der Waals surface area contributed by atoms with E-state index in [1.807, 2.05) is 0 Å². The van der Waals surface area contributed by atoms with E-state index in [1.54, 1.807) is 24.3 Å². The first-order chi connectivity index (χ1) is 25.3. The quantitative estimate of drug-likeness (QED) is 0.0488. The third-order valence-corrected chi connectivity index (χ3v) is 9.50. The third kappa shape index (κ3) is 9.93. The first-order valence-electron chi connectivity index (χ1n) is 16.6. The van der Waals surface area contributed by atoms with Crippen molar-refractivity contribution < 1.29 is 51.0 Å². The summed E-state index contributed by atoms with van der Waals surface area (Å²) in [6.45, 7) is 0.447. The van der Waals surface area contributed by atoms with E-state index in [4.69, 9.17) is 4.42 Å². The minimum atomic E-state index is -4.07. The molecule has 0 bridgehead atoms. The molecule has 1 saturated carbocycles. The Labute approximate surface area is 303 Å². The molecule has 0 radical (unpaired) electrons. The molecule has 1 heterocycles. The van der Waals surface area contributed by atoms with Crippen molar-refractivity contribution in [2.75, 3.05) is 26.7 Å². The fourth-order valence-corrected chi connectivity index (χ4v) is 6.61. The molecule has 1 aliphatic carbocycles. The van der Waals surface area contributed by atoms with Crippen molar-refractivity contribution in [1.82, 2.24) is 20.7 Å². The normalized spacial score (nSPS) is 13.0. The highest BCUT2D eigenvalue weighted by atomic mass is 32.2. The second-order valence-corrected chi connectivity index (χ2v) is 14.0. The molecule has 0 atom stereocenters. The Morgan fingerprint density at radius 3 is 2.38 bits per heavy atom. The van der Waals surface area contributed by atoms with Gasteiger partial charge in [-0.2, -0.15) is 0 Å². The van der Waals surface area contributed by atoms with Crippen molar-refractivity contribution in [2.45, 2.75) is 38.0 Å². The Kier molecular flexibility index (Phi) is 12.0. The van der Waals surface area contributed by atoms with Gasteiger partial charge in [0.2, 0.25) is 21.8 Å². The molecule has 1 fully saturated rings. The van der Waals surface area contributed by atoms with Gasteiger partial charge in [0.15, 0.2) is 0 Å². The van der Waals surface area contributed by atoms with Gasteiger partial charge in [-0.3, -0.25) is 19.2 Å². The minimum Gasteiger partial charge on any atom is -0.507 e. The molecule has 1 aliphatic rings. The predicted octanol–water partition coefficient (Wildman–Crippen LogP) is 3.36. The molecule has 0 unspecified atom stereocenters. The maximum absolute atomic E-state index is 13.6. The summed E-state index contributed by atoms with van der Waals surface area (Å²) in [5.41, 5.74) is 2.91. The molecular formula is C37H37FN4O10S. The van der Waals surface area contributed by atoms with Crippen molar-refractivity contribution >= 4 is 56.2 Å². The molecule has 16 heteroatoms. The van der Waals surface area contributed by atoms with E-state index in [1.165, 1.54) is 50.4 Å². The molecule has 278 valence electrons. The summed E-state index contributed by atoms with van der Waals surface area (Å²) in [6, 6.07) is 15.0. The van der Waals surface area contributed by atoms with Crippen LogP contribution in [0.1, 0.15) is 58.3 Å². The number of hydrogen-bond donors (Lipinski definition) is 5. The highest BCUT2D eigenvalue weighted by Gasteiger charge is 2.31. The summed E-state index contributed by atoms with van der Waals surface area (Å²) < 4.78 is 52.8. The van der Waals surface area contributed by atoms with Crippen LogP contribution in [0.2, 0.25) is 0 Å². The molecular weight excluding hydrogens is 711 g/mol. The fraction of sp³-hybridized carbons (Fsp3) is 0.270. The first-order valence-corrected chi connectivity index (χ1v) is 18.2. The summed E-state index contributed by atoms with van der Waals surface area (Å²) in [6.07, 6.45) is 2.40. The second-order valence-electron chi connectivity index (χ2n) is 12.2. The number of halogens is 1. The first kappa shape index (κ1) is 38.4. The van der Waals surface area contributed by atoms with E-state index in [0.717, 1.165) is 24.5 Å². The van der Waals surface area contributed by atoms with Crippen molar-refractivity contribution in [1.29, 1.82) is 0 Å². The van der Waals surface area contributed by atoms with Crippen LogP contribution in [0.5, 0.6) is 0 Å². The molecule has 0 spiro atoms. The Balaban J connectivity index is 1.18. The van der Waals surface area contributed by atoms with Crippen molar-refractivity contribution in [2.24, 2.45) is 0 Å². The number of ether oxygens (including phenoxy) is 1. The molecule has 53 heavy (non-hydrogen) atoms. The zero-order valence-electron chi connectivity index (χ0n) is 28.8. The van der Waals surface area contributed by atoms with Gasteiger partial charge < -0.3 is 30.2 Å². The molecule has 4 aromatic rings. The van der Waals surface area contributed by atoms with Crippen LogP contribution in [-0.4, -0.2) is 69.7 Å². The number of amides is 3. The van der Waals surface area contributed by atoms with Crippen LogP contribution in [-0.2, 0) is 46.2 Å². The van der Waals surface area contributed by atoms with Gasteiger partial charge in [-0.05, 0) is 84.8 Å². The molecule has 5 rings (SSSR count). The van der Waals surface area contributed by atoms with Gasteiger partial charge >= 0.3 is 5.97 Å². The van der Waals surface area contributed by atoms with Crippen LogP contribution in [0.3, 0.4) is 0 Å². The van der Waals surface area contributed by atoms with Crippen molar-refractivity contribution in [3.8, 4) is 11.3 Å². The van der Waals surface area contributed by atoms with Crippen LogP contribution < -0.4 is 20.7 Å². The molecule has 3 aromatic carbocycles. The van der Waals surface area contributed by atoms with Gasteiger partial charge in [-0.1, -0.05) is 18.2 Å². The molecule has 5 N–H and O–H groups in total. The minimum absolute atomic E-state index is 0.00290. The topological polar surface area (TPSA) is 210 Å². The Morgan fingerprint density at radius 1 is 0.981 bits per heavy atom. The summed E-state index contributed by atoms with van der Waals surface area (Å²) in [5, 5.41) is 18.3. The monoisotopic (exact) mass is 748 g/mol. The highest BCUT2D eigenvalue weighted by molar-refractivity contribution is 7.88. The van der Waals surface area contributed by atoms with Crippen LogP contribution in [0.4, 0.5) is 4.39 Å². The lowest BCUT2D eigenvalue weighted by atomic mass is 9.98. The summed E-state index contributed by atoms with van der Waals surface area (Å²) in [5.74, 6) is -5.01. The van der Waals surface area contributed by atoms with Crippen molar-refractivity contribution in [3.63, 3.8) is 0 Å². The number of esters is 1. The predicted molar refractivity (Wildman–Crippen MR) is 191 cm³/mol. The lowest BCUT2D eigenvalue weighted by molar-refractivity contribution is -0.151. The van der Waals surface area contributed by atoms with Crippen LogP contribution in [0.15, 0.2) is 71.2 Å². The Hall–Kier alpha value is -5.87. The second kappa shape index (κ2) is 16.6. The third-order valence-electron chi connectivity index (χ3n) is 8.23.